The van der Waals surface area contributed by atoms with Crippen LogP contribution in [0.15, 0.2) is 71.6 Å². The third-order valence-corrected chi connectivity index (χ3v) is 6.31. The maximum Gasteiger partial charge on any atom is 0.341 e. The van der Waals surface area contributed by atoms with Gasteiger partial charge in [-0.25, -0.2) is 17.7 Å². The number of methoxy groups -OCH3 is 1. The predicted octanol–water partition coefficient (Wildman–Crippen LogP) is 4.00. The molecule has 3 aromatic carbocycles. The predicted molar refractivity (Wildman–Crippen MR) is 125 cm³/mol. The van der Waals surface area contributed by atoms with Crippen molar-refractivity contribution < 1.29 is 28.0 Å². The topological polar surface area (TPSA) is 99.9 Å². The molecule has 0 aliphatic rings. The van der Waals surface area contributed by atoms with Crippen LogP contribution in [0.2, 0.25) is 0 Å². The summed E-state index contributed by atoms with van der Waals surface area (Å²) in [7, 11) is -0.0185. The van der Waals surface area contributed by atoms with Crippen molar-refractivity contribution in [1.82, 2.24) is 4.31 Å². The fourth-order valence-electron chi connectivity index (χ4n) is 3.24. The standard InChI is InChI=1S/C25H23FN2O5S/c1-32-12-11-28(34(31)22-8-6-21(26)7-9-22)16-19-5-10-24(33-17-25(29)30)23(14-19)20-4-2-3-18(13-20)15-27/h2-10,13-14H,11-12,16-17H2,1H3,(H,29,30). The van der Waals surface area contributed by atoms with Gasteiger partial charge >= 0.3 is 5.97 Å². The summed E-state index contributed by atoms with van der Waals surface area (Å²) in [5.41, 5.74) is 2.53. The van der Waals surface area contributed by atoms with E-state index in [0.717, 1.165) is 5.56 Å². The summed E-state index contributed by atoms with van der Waals surface area (Å²) in [6.45, 7) is 0.456. The Morgan fingerprint density at radius 2 is 1.91 bits per heavy atom. The van der Waals surface area contributed by atoms with E-state index in [9.17, 15) is 18.7 Å². The molecule has 3 rings (SSSR count). The fourth-order valence-corrected chi connectivity index (χ4v) is 4.41. The Morgan fingerprint density at radius 1 is 1.15 bits per heavy atom. The van der Waals surface area contributed by atoms with E-state index < -0.39 is 29.4 Å². The van der Waals surface area contributed by atoms with Gasteiger partial charge in [-0.3, -0.25) is 0 Å². The number of carboxylic acids is 1. The summed E-state index contributed by atoms with van der Waals surface area (Å²) >= 11 is 0. The summed E-state index contributed by atoms with van der Waals surface area (Å²) in [5.74, 6) is -1.17. The third-order valence-electron chi connectivity index (χ3n) is 4.85. The molecule has 0 heterocycles. The Bertz CT molecular complexity index is 1210. The van der Waals surface area contributed by atoms with Crippen molar-refractivity contribution in [2.45, 2.75) is 11.4 Å². The molecule has 3 aromatic rings. The van der Waals surface area contributed by atoms with Gasteiger partial charge in [0.2, 0.25) is 0 Å². The Balaban J connectivity index is 1.96. The first-order chi connectivity index (χ1) is 16.4. The van der Waals surface area contributed by atoms with Gasteiger partial charge in [0, 0.05) is 25.8 Å². The highest BCUT2D eigenvalue weighted by molar-refractivity contribution is 7.82. The SMILES string of the molecule is COCCN(Cc1ccc(OCC(=O)O)c(-c2cccc(C#N)c2)c1)S(=O)c1ccc(F)cc1. The van der Waals surface area contributed by atoms with E-state index in [1.807, 2.05) is 6.07 Å². The number of carboxylic acid groups (broad SMARTS) is 1. The van der Waals surface area contributed by atoms with E-state index in [4.69, 9.17) is 14.6 Å². The van der Waals surface area contributed by atoms with Crippen LogP contribution >= 0.6 is 0 Å². The maximum atomic E-state index is 13.3. The number of ether oxygens (including phenoxy) is 2. The molecule has 0 spiro atoms. The first-order valence-corrected chi connectivity index (χ1v) is 11.4. The number of halogens is 1. The number of benzene rings is 3. The van der Waals surface area contributed by atoms with Crippen molar-refractivity contribution in [3.05, 3.63) is 83.7 Å². The molecule has 0 fully saturated rings. The average molecular weight is 483 g/mol. The van der Waals surface area contributed by atoms with Crippen LogP contribution in [0.4, 0.5) is 4.39 Å². The molecule has 1 N–H and O–H groups in total. The Kier molecular flexibility index (Phi) is 8.87. The van der Waals surface area contributed by atoms with Gasteiger partial charge in [0.25, 0.3) is 0 Å². The molecule has 1 atom stereocenters. The van der Waals surface area contributed by atoms with E-state index in [1.54, 1.807) is 47.8 Å². The zero-order valence-electron chi connectivity index (χ0n) is 18.4. The van der Waals surface area contributed by atoms with Crippen molar-refractivity contribution in [1.29, 1.82) is 5.26 Å². The maximum absolute atomic E-state index is 13.3. The van der Waals surface area contributed by atoms with Crippen LogP contribution in [0.1, 0.15) is 11.1 Å². The highest BCUT2D eigenvalue weighted by Crippen LogP contribution is 2.32. The normalized spacial score (nSPS) is 11.7. The van der Waals surface area contributed by atoms with Gasteiger partial charge in [0.15, 0.2) is 6.61 Å². The van der Waals surface area contributed by atoms with Crippen LogP contribution in [0.3, 0.4) is 0 Å². The van der Waals surface area contributed by atoms with E-state index in [2.05, 4.69) is 6.07 Å². The summed E-state index contributed by atoms with van der Waals surface area (Å²) in [5, 5.41) is 18.3. The molecule has 0 saturated heterocycles. The summed E-state index contributed by atoms with van der Waals surface area (Å²) in [6.07, 6.45) is 0. The highest BCUT2D eigenvalue weighted by atomic mass is 32.2. The van der Waals surface area contributed by atoms with Crippen LogP contribution in [0.25, 0.3) is 11.1 Å². The fraction of sp³-hybridized carbons (Fsp3) is 0.200. The molecule has 0 aliphatic carbocycles. The van der Waals surface area contributed by atoms with Gasteiger partial charge in [0.05, 0.1) is 23.1 Å². The Labute approximate surface area is 199 Å². The van der Waals surface area contributed by atoms with Crippen LogP contribution < -0.4 is 4.74 Å². The van der Waals surface area contributed by atoms with E-state index in [1.165, 1.54) is 24.3 Å². The minimum absolute atomic E-state index is 0.275. The summed E-state index contributed by atoms with van der Waals surface area (Å²) < 4.78 is 38.8. The first kappa shape index (κ1) is 25.1. The van der Waals surface area contributed by atoms with Crippen molar-refractivity contribution in [2.24, 2.45) is 0 Å². The van der Waals surface area contributed by atoms with Crippen LogP contribution in [0, 0.1) is 17.1 Å². The third kappa shape index (κ3) is 6.71. The second-order valence-corrected chi connectivity index (χ2v) is 8.75. The molecule has 9 heteroatoms. The monoisotopic (exact) mass is 482 g/mol. The number of rotatable bonds is 11. The minimum atomic E-state index is -1.57. The molecule has 0 saturated carbocycles. The smallest absolute Gasteiger partial charge is 0.341 e. The summed E-state index contributed by atoms with van der Waals surface area (Å²) in [4.78, 5) is 11.5. The molecule has 0 radical (unpaired) electrons. The number of nitrogens with zero attached hydrogens (tertiary/aromatic N) is 2. The molecular formula is C25H23FN2O5S. The van der Waals surface area contributed by atoms with Crippen molar-refractivity contribution in [2.75, 3.05) is 26.9 Å². The Hall–Kier alpha value is -3.58. The van der Waals surface area contributed by atoms with Crippen LogP contribution in [-0.2, 0) is 27.1 Å². The molecule has 0 bridgehead atoms. The molecule has 0 aromatic heterocycles. The molecular weight excluding hydrogens is 459 g/mol. The Morgan fingerprint density at radius 3 is 2.59 bits per heavy atom. The van der Waals surface area contributed by atoms with Gasteiger partial charge in [-0.15, -0.1) is 0 Å². The number of nitriles is 1. The van der Waals surface area contributed by atoms with Crippen molar-refractivity contribution in [3.8, 4) is 22.9 Å². The van der Waals surface area contributed by atoms with E-state index in [-0.39, 0.29) is 6.54 Å². The van der Waals surface area contributed by atoms with Gasteiger partial charge in [-0.2, -0.15) is 5.26 Å². The molecule has 176 valence electrons. The van der Waals surface area contributed by atoms with E-state index >= 15 is 0 Å². The number of aliphatic carboxylic acids is 1. The molecule has 34 heavy (non-hydrogen) atoms. The lowest BCUT2D eigenvalue weighted by molar-refractivity contribution is -0.139. The van der Waals surface area contributed by atoms with E-state index in [0.29, 0.717) is 40.5 Å². The molecule has 1 unspecified atom stereocenters. The van der Waals surface area contributed by atoms with Crippen molar-refractivity contribution in [3.63, 3.8) is 0 Å². The zero-order valence-corrected chi connectivity index (χ0v) is 19.3. The summed E-state index contributed by atoms with van der Waals surface area (Å²) in [6, 6.07) is 19.7. The molecule has 7 nitrogen and oxygen atoms in total. The zero-order chi connectivity index (χ0) is 24.5. The first-order valence-electron chi connectivity index (χ1n) is 10.3. The number of carbonyl (C=O) groups is 1. The lowest BCUT2D eigenvalue weighted by atomic mass is 10.00. The van der Waals surface area contributed by atoms with Gasteiger partial charge in [-0.1, -0.05) is 18.2 Å². The number of hydrogen-bond acceptors (Lipinski definition) is 5. The minimum Gasteiger partial charge on any atom is -0.481 e. The highest BCUT2D eigenvalue weighted by Gasteiger charge is 2.18. The van der Waals surface area contributed by atoms with Crippen molar-refractivity contribution >= 4 is 17.0 Å². The largest absolute Gasteiger partial charge is 0.481 e. The average Bonchev–Trinajstić information content (AvgIpc) is 2.85. The van der Waals surface area contributed by atoms with Gasteiger partial charge < -0.3 is 14.6 Å². The second-order valence-electron chi connectivity index (χ2n) is 7.26. The molecule has 0 amide bonds. The molecule has 0 aliphatic heterocycles. The quantitative estimate of drug-likeness (QED) is 0.444. The number of hydrogen-bond donors (Lipinski definition) is 1. The lowest BCUT2D eigenvalue weighted by Gasteiger charge is -2.22. The van der Waals surface area contributed by atoms with Crippen LogP contribution in [-0.4, -0.2) is 46.5 Å². The lowest BCUT2D eigenvalue weighted by Crippen LogP contribution is -2.29. The van der Waals surface area contributed by atoms with Gasteiger partial charge in [-0.05, 0) is 59.7 Å². The second kappa shape index (κ2) is 12.0. The van der Waals surface area contributed by atoms with Crippen LogP contribution in [0.5, 0.6) is 5.75 Å². The van der Waals surface area contributed by atoms with Gasteiger partial charge in [0.1, 0.15) is 22.6 Å².